The maximum absolute atomic E-state index is 12.3. The Kier molecular flexibility index (Phi) is 6.46. The molecule has 0 aromatic heterocycles. The molecule has 5 heteroatoms. The second-order valence-electron chi connectivity index (χ2n) is 5.60. The monoisotopic (exact) mass is 284 g/mol. The van der Waals surface area contributed by atoms with Crippen molar-refractivity contribution in [3.05, 3.63) is 0 Å². The third-order valence-corrected chi connectivity index (χ3v) is 4.34. The highest BCUT2D eigenvalue weighted by Gasteiger charge is 2.32. The Morgan fingerprint density at radius 1 is 1.25 bits per heavy atom. The van der Waals surface area contributed by atoms with E-state index >= 15 is 0 Å². The second kappa shape index (κ2) is 7.62. The van der Waals surface area contributed by atoms with E-state index in [0.717, 1.165) is 12.8 Å². The highest BCUT2D eigenvalue weighted by Crippen LogP contribution is 2.19. The summed E-state index contributed by atoms with van der Waals surface area (Å²) < 4.78 is 0. The van der Waals surface area contributed by atoms with Gasteiger partial charge >= 0.3 is 0 Å². The molecule has 5 nitrogen and oxygen atoms in total. The highest BCUT2D eigenvalue weighted by molar-refractivity contribution is 5.87. The van der Waals surface area contributed by atoms with Crippen LogP contribution in [0.3, 0.4) is 0 Å². The molecule has 1 fully saturated rings. The van der Waals surface area contributed by atoms with E-state index < -0.39 is 5.60 Å². The number of nitrogens with one attached hydrogen (secondary N) is 1. The quantitative estimate of drug-likeness (QED) is 0.775. The van der Waals surface area contributed by atoms with Crippen LogP contribution >= 0.6 is 0 Å². The highest BCUT2D eigenvalue weighted by atomic mass is 16.3. The summed E-state index contributed by atoms with van der Waals surface area (Å²) in [6.07, 6.45) is 4.28. The number of hydrogen-bond acceptors (Lipinski definition) is 3. The Hall–Kier alpha value is -1.10. The van der Waals surface area contributed by atoms with Crippen molar-refractivity contribution in [2.24, 2.45) is 0 Å². The van der Waals surface area contributed by atoms with E-state index in [9.17, 15) is 14.7 Å². The van der Waals surface area contributed by atoms with Crippen LogP contribution < -0.4 is 5.32 Å². The zero-order valence-electron chi connectivity index (χ0n) is 12.9. The normalized spacial score (nSPS) is 19.8. The van der Waals surface area contributed by atoms with Crippen LogP contribution in [0, 0.1) is 0 Å². The lowest BCUT2D eigenvalue weighted by molar-refractivity contribution is -0.142. The minimum absolute atomic E-state index is 0.0334. The lowest BCUT2D eigenvalue weighted by atomic mass is 9.96. The van der Waals surface area contributed by atoms with Gasteiger partial charge in [-0.05, 0) is 32.1 Å². The lowest BCUT2D eigenvalue weighted by Gasteiger charge is -2.35. The fourth-order valence-electron chi connectivity index (χ4n) is 2.58. The van der Waals surface area contributed by atoms with Gasteiger partial charge in [0.25, 0.3) is 0 Å². The van der Waals surface area contributed by atoms with Crippen molar-refractivity contribution in [3.8, 4) is 0 Å². The zero-order valence-corrected chi connectivity index (χ0v) is 12.9. The van der Waals surface area contributed by atoms with Crippen molar-refractivity contribution in [2.45, 2.75) is 70.9 Å². The molecule has 0 saturated carbocycles. The molecule has 0 aromatic rings. The molecule has 0 spiro atoms. The number of carbonyl (C=O) groups is 2. The molecule has 0 aromatic carbocycles. The van der Waals surface area contributed by atoms with Gasteiger partial charge in [-0.15, -0.1) is 0 Å². The molecular weight excluding hydrogens is 256 g/mol. The minimum Gasteiger partial charge on any atom is -0.388 e. The van der Waals surface area contributed by atoms with E-state index in [4.69, 9.17) is 0 Å². The van der Waals surface area contributed by atoms with Crippen LogP contribution in [-0.2, 0) is 9.59 Å². The first-order chi connectivity index (χ1) is 9.47. The van der Waals surface area contributed by atoms with Crippen molar-refractivity contribution < 1.29 is 14.7 Å². The first kappa shape index (κ1) is 17.0. The molecule has 0 aliphatic carbocycles. The molecule has 0 bridgehead atoms. The van der Waals surface area contributed by atoms with Crippen molar-refractivity contribution >= 4 is 11.8 Å². The molecule has 2 N–H and O–H groups in total. The van der Waals surface area contributed by atoms with Gasteiger partial charge in [0.15, 0.2) is 0 Å². The molecule has 1 heterocycles. The molecule has 0 radical (unpaired) electrons. The van der Waals surface area contributed by atoms with Crippen LogP contribution in [-0.4, -0.2) is 46.6 Å². The summed E-state index contributed by atoms with van der Waals surface area (Å²) in [5, 5.41) is 13.0. The molecule has 1 aliphatic rings. The summed E-state index contributed by atoms with van der Waals surface area (Å²) in [4.78, 5) is 25.9. The number of amides is 2. The standard InChI is InChI=1S/C15H28N2O3/c1-4-13(18)17-10-8-7-9-12(17)14(19)16-11-15(20,5-2)6-3/h12,20H,4-11H2,1-3H3,(H,16,19). The Labute approximate surface area is 121 Å². The van der Waals surface area contributed by atoms with Crippen LogP contribution in [0.2, 0.25) is 0 Å². The lowest BCUT2D eigenvalue weighted by Crippen LogP contribution is -2.54. The van der Waals surface area contributed by atoms with Crippen molar-refractivity contribution in [1.82, 2.24) is 10.2 Å². The first-order valence-electron chi connectivity index (χ1n) is 7.77. The summed E-state index contributed by atoms with van der Waals surface area (Å²) in [5.74, 6) is -0.0991. The number of carbonyl (C=O) groups excluding carboxylic acids is 2. The van der Waals surface area contributed by atoms with Gasteiger partial charge in [0.2, 0.25) is 11.8 Å². The van der Waals surface area contributed by atoms with Crippen molar-refractivity contribution in [3.63, 3.8) is 0 Å². The number of piperidine rings is 1. The van der Waals surface area contributed by atoms with E-state index in [1.165, 1.54) is 0 Å². The molecule has 1 aliphatic heterocycles. The van der Waals surface area contributed by atoms with E-state index in [1.54, 1.807) is 4.90 Å². The maximum atomic E-state index is 12.3. The van der Waals surface area contributed by atoms with Gasteiger partial charge in [-0.3, -0.25) is 9.59 Å². The van der Waals surface area contributed by atoms with Gasteiger partial charge in [-0.2, -0.15) is 0 Å². The Morgan fingerprint density at radius 3 is 2.45 bits per heavy atom. The predicted octanol–water partition coefficient (Wildman–Crippen LogP) is 1.44. The number of nitrogens with zero attached hydrogens (tertiary/aromatic N) is 1. The van der Waals surface area contributed by atoms with Crippen LogP contribution in [0.1, 0.15) is 59.3 Å². The van der Waals surface area contributed by atoms with Gasteiger partial charge in [-0.25, -0.2) is 0 Å². The number of aliphatic hydroxyl groups is 1. The third-order valence-electron chi connectivity index (χ3n) is 4.34. The summed E-state index contributed by atoms with van der Waals surface area (Å²) in [6, 6.07) is -0.367. The van der Waals surface area contributed by atoms with Gasteiger partial charge < -0.3 is 15.3 Å². The summed E-state index contributed by atoms with van der Waals surface area (Å²) in [7, 11) is 0. The number of hydrogen-bond donors (Lipinski definition) is 2. The minimum atomic E-state index is -0.843. The van der Waals surface area contributed by atoms with Crippen LogP contribution in [0.25, 0.3) is 0 Å². The van der Waals surface area contributed by atoms with Crippen LogP contribution in [0.4, 0.5) is 0 Å². The van der Waals surface area contributed by atoms with E-state index in [1.807, 2.05) is 20.8 Å². The fourth-order valence-corrected chi connectivity index (χ4v) is 2.58. The van der Waals surface area contributed by atoms with Crippen LogP contribution in [0.5, 0.6) is 0 Å². The van der Waals surface area contributed by atoms with Gasteiger partial charge in [0.1, 0.15) is 6.04 Å². The van der Waals surface area contributed by atoms with E-state index in [2.05, 4.69) is 5.32 Å². The molecule has 1 atom stereocenters. The predicted molar refractivity (Wildman–Crippen MR) is 78.2 cm³/mol. The van der Waals surface area contributed by atoms with Gasteiger partial charge in [0.05, 0.1) is 5.60 Å². The molecule has 1 rings (SSSR count). The summed E-state index contributed by atoms with van der Waals surface area (Å²) in [5.41, 5.74) is -0.843. The third kappa shape index (κ3) is 4.20. The van der Waals surface area contributed by atoms with Crippen LogP contribution in [0.15, 0.2) is 0 Å². The zero-order chi connectivity index (χ0) is 15.2. The molecule has 116 valence electrons. The average molecular weight is 284 g/mol. The average Bonchev–Trinajstić information content (AvgIpc) is 2.51. The SMILES string of the molecule is CCC(=O)N1CCCCC1C(=O)NCC(O)(CC)CC. The number of rotatable bonds is 6. The number of likely N-dealkylation sites (tertiary alicyclic amines) is 1. The largest absolute Gasteiger partial charge is 0.388 e. The molecule has 20 heavy (non-hydrogen) atoms. The summed E-state index contributed by atoms with van der Waals surface area (Å²) in [6.45, 7) is 6.55. The fraction of sp³-hybridized carbons (Fsp3) is 0.867. The first-order valence-corrected chi connectivity index (χ1v) is 7.77. The molecular formula is C15H28N2O3. The van der Waals surface area contributed by atoms with Gasteiger partial charge in [-0.1, -0.05) is 20.8 Å². The van der Waals surface area contributed by atoms with E-state index in [0.29, 0.717) is 32.2 Å². The summed E-state index contributed by atoms with van der Waals surface area (Å²) >= 11 is 0. The molecule has 2 amide bonds. The topological polar surface area (TPSA) is 69.6 Å². The molecule has 1 saturated heterocycles. The Bertz CT molecular complexity index is 340. The smallest absolute Gasteiger partial charge is 0.242 e. The Balaban J connectivity index is 2.62. The Morgan fingerprint density at radius 2 is 1.90 bits per heavy atom. The second-order valence-corrected chi connectivity index (χ2v) is 5.60. The van der Waals surface area contributed by atoms with Crippen molar-refractivity contribution in [1.29, 1.82) is 0 Å². The maximum Gasteiger partial charge on any atom is 0.242 e. The molecule has 1 unspecified atom stereocenters. The van der Waals surface area contributed by atoms with E-state index in [-0.39, 0.29) is 24.4 Å². The van der Waals surface area contributed by atoms with Gasteiger partial charge in [0, 0.05) is 19.5 Å². The van der Waals surface area contributed by atoms with Crippen molar-refractivity contribution in [2.75, 3.05) is 13.1 Å².